The minimum Gasteiger partial charge on any atom is -0.497 e. The van der Waals surface area contributed by atoms with Crippen LogP contribution in [0.2, 0.25) is 0 Å². The van der Waals surface area contributed by atoms with E-state index in [-0.39, 0.29) is 0 Å². The van der Waals surface area contributed by atoms with E-state index in [0.29, 0.717) is 18.4 Å². The fraction of sp³-hybridized carbons (Fsp3) is 0.450. The molecule has 0 spiro atoms. The monoisotopic (exact) mass is 358 g/mol. The van der Waals surface area contributed by atoms with Crippen LogP contribution in [0, 0.1) is 0 Å². The van der Waals surface area contributed by atoms with Crippen LogP contribution >= 0.6 is 11.3 Å². The summed E-state index contributed by atoms with van der Waals surface area (Å²) in [4.78, 5) is 15.6. The minimum atomic E-state index is 0.316. The number of likely N-dealkylation sites (tertiary alicyclic amines) is 1. The normalized spacial score (nSPS) is 17.2. The summed E-state index contributed by atoms with van der Waals surface area (Å²) in [5, 5.41) is 5.59. The molecular formula is C20H26N2O2S. The molecule has 25 heavy (non-hydrogen) atoms. The molecule has 1 atom stereocenters. The zero-order valence-corrected chi connectivity index (χ0v) is 15.6. The largest absolute Gasteiger partial charge is 0.497 e. The van der Waals surface area contributed by atoms with E-state index in [0.717, 1.165) is 44.6 Å². The Morgan fingerprint density at radius 2 is 2.12 bits per heavy atom. The predicted octanol–water partition coefficient (Wildman–Crippen LogP) is 3.47. The fourth-order valence-electron chi connectivity index (χ4n) is 3.33. The first kappa shape index (κ1) is 18.0. The first-order chi connectivity index (χ1) is 12.3. The van der Waals surface area contributed by atoms with Gasteiger partial charge in [0.25, 0.3) is 0 Å². The summed E-state index contributed by atoms with van der Waals surface area (Å²) >= 11 is 1.77. The second-order valence-electron chi connectivity index (χ2n) is 6.42. The summed E-state index contributed by atoms with van der Waals surface area (Å²) in [7, 11) is 1.68. The Balaban J connectivity index is 1.40. The van der Waals surface area contributed by atoms with Crippen molar-refractivity contribution in [3.8, 4) is 5.75 Å². The average Bonchev–Trinajstić information content (AvgIpc) is 3.27. The number of thiophene rings is 1. The van der Waals surface area contributed by atoms with Crippen molar-refractivity contribution in [1.82, 2.24) is 10.2 Å². The maximum absolute atomic E-state index is 12.2. The molecule has 1 aromatic carbocycles. The second kappa shape index (κ2) is 9.02. The van der Waals surface area contributed by atoms with Crippen molar-refractivity contribution in [3.63, 3.8) is 0 Å². The van der Waals surface area contributed by atoms with E-state index >= 15 is 0 Å². The molecule has 1 N–H and O–H groups in total. The lowest BCUT2D eigenvalue weighted by atomic mass is 10.1. The molecule has 0 radical (unpaired) electrons. The van der Waals surface area contributed by atoms with E-state index in [4.69, 9.17) is 4.74 Å². The molecule has 0 aliphatic carbocycles. The predicted molar refractivity (Wildman–Crippen MR) is 102 cm³/mol. The van der Waals surface area contributed by atoms with Crippen LogP contribution in [0.25, 0.3) is 0 Å². The lowest BCUT2D eigenvalue weighted by Gasteiger charge is -2.25. The topological polar surface area (TPSA) is 41.6 Å². The van der Waals surface area contributed by atoms with Crippen LogP contribution in [0.15, 0.2) is 41.8 Å². The van der Waals surface area contributed by atoms with E-state index in [1.165, 1.54) is 10.4 Å². The molecule has 134 valence electrons. The van der Waals surface area contributed by atoms with Crippen molar-refractivity contribution in [3.05, 3.63) is 52.2 Å². The smallest absolute Gasteiger partial charge is 0.222 e. The molecule has 5 heteroatoms. The van der Waals surface area contributed by atoms with Gasteiger partial charge in [0.2, 0.25) is 5.91 Å². The van der Waals surface area contributed by atoms with E-state index in [1.807, 2.05) is 12.1 Å². The Morgan fingerprint density at radius 3 is 2.84 bits per heavy atom. The van der Waals surface area contributed by atoms with Gasteiger partial charge in [0, 0.05) is 30.4 Å². The van der Waals surface area contributed by atoms with Crippen LogP contribution in [-0.4, -0.2) is 37.0 Å². The van der Waals surface area contributed by atoms with Crippen molar-refractivity contribution >= 4 is 17.2 Å². The van der Waals surface area contributed by atoms with Crippen molar-refractivity contribution in [1.29, 1.82) is 0 Å². The Morgan fingerprint density at radius 1 is 1.28 bits per heavy atom. The first-order valence-electron chi connectivity index (χ1n) is 8.92. The maximum atomic E-state index is 12.2. The first-order valence-corrected chi connectivity index (χ1v) is 9.79. The van der Waals surface area contributed by atoms with Gasteiger partial charge in [0.05, 0.1) is 7.11 Å². The number of methoxy groups -OCH3 is 1. The SMILES string of the molecule is COc1ccc(CNCC[C@H]2CCC(=O)N2CCc2cccs2)cc1. The van der Waals surface area contributed by atoms with Crippen molar-refractivity contribution < 1.29 is 9.53 Å². The highest BCUT2D eigenvalue weighted by atomic mass is 32.1. The van der Waals surface area contributed by atoms with Crippen LogP contribution in [-0.2, 0) is 17.8 Å². The summed E-state index contributed by atoms with van der Waals surface area (Å²) < 4.78 is 5.18. The summed E-state index contributed by atoms with van der Waals surface area (Å²) in [6, 6.07) is 12.7. The number of nitrogens with one attached hydrogen (secondary N) is 1. The number of carbonyl (C=O) groups excluding carboxylic acids is 1. The fourth-order valence-corrected chi connectivity index (χ4v) is 4.03. The summed E-state index contributed by atoms with van der Waals surface area (Å²) in [5.41, 5.74) is 1.25. The van der Waals surface area contributed by atoms with E-state index < -0.39 is 0 Å². The summed E-state index contributed by atoms with van der Waals surface area (Å²) in [6.07, 6.45) is 3.69. The number of ether oxygens (including phenoxy) is 1. The van der Waals surface area contributed by atoms with E-state index in [9.17, 15) is 4.79 Å². The Bertz CT molecular complexity index is 655. The van der Waals surface area contributed by atoms with Crippen LogP contribution in [0.3, 0.4) is 0 Å². The average molecular weight is 359 g/mol. The molecule has 1 aliphatic heterocycles. The molecular weight excluding hydrogens is 332 g/mol. The molecule has 2 aromatic rings. The molecule has 2 heterocycles. The molecule has 3 rings (SSSR count). The van der Waals surface area contributed by atoms with Gasteiger partial charge in [-0.05, 0) is 54.9 Å². The van der Waals surface area contributed by atoms with Crippen LogP contribution in [0.5, 0.6) is 5.75 Å². The highest BCUT2D eigenvalue weighted by molar-refractivity contribution is 7.09. The number of hydrogen-bond acceptors (Lipinski definition) is 4. The zero-order chi connectivity index (χ0) is 17.5. The second-order valence-corrected chi connectivity index (χ2v) is 7.45. The van der Waals surface area contributed by atoms with Gasteiger partial charge >= 0.3 is 0 Å². The number of carbonyl (C=O) groups is 1. The van der Waals surface area contributed by atoms with Crippen LogP contribution in [0.4, 0.5) is 0 Å². The van der Waals surface area contributed by atoms with Crippen molar-refractivity contribution in [2.75, 3.05) is 20.2 Å². The standard InChI is InChI=1S/C20H26N2O2S/c1-24-18-7-4-16(5-8-18)15-21-12-10-17-6-9-20(23)22(17)13-11-19-3-2-14-25-19/h2-5,7-8,14,17,21H,6,9-13,15H2,1H3/t17-/m1/s1. The van der Waals surface area contributed by atoms with Gasteiger partial charge in [-0.25, -0.2) is 0 Å². The van der Waals surface area contributed by atoms with Gasteiger partial charge in [-0.15, -0.1) is 11.3 Å². The van der Waals surface area contributed by atoms with Gasteiger partial charge in [-0.3, -0.25) is 4.79 Å². The molecule has 1 amide bonds. The molecule has 1 aliphatic rings. The molecule has 1 saturated heterocycles. The summed E-state index contributed by atoms with van der Waals surface area (Å²) in [6.45, 7) is 2.63. The molecule has 0 unspecified atom stereocenters. The summed E-state index contributed by atoms with van der Waals surface area (Å²) in [5.74, 6) is 1.20. The number of amides is 1. The minimum absolute atomic E-state index is 0.316. The zero-order valence-electron chi connectivity index (χ0n) is 14.7. The van der Waals surface area contributed by atoms with Crippen LogP contribution < -0.4 is 10.1 Å². The maximum Gasteiger partial charge on any atom is 0.222 e. The third-order valence-electron chi connectivity index (χ3n) is 4.77. The molecule has 1 aromatic heterocycles. The van der Waals surface area contributed by atoms with Gasteiger partial charge in [0.1, 0.15) is 5.75 Å². The third-order valence-corrected chi connectivity index (χ3v) is 5.71. The molecule has 0 bridgehead atoms. The van der Waals surface area contributed by atoms with Gasteiger partial charge in [0.15, 0.2) is 0 Å². The van der Waals surface area contributed by atoms with E-state index in [1.54, 1.807) is 18.4 Å². The third kappa shape index (κ3) is 5.06. The van der Waals surface area contributed by atoms with Gasteiger partial charge in [-0.2, -0.15) is 0 Å². The number of rotatable bonds is 9. The molecule has 0 saturated carbocycles. The van der Waals surface area contributed by atoms with Gasteiger partial charge in [-0.1, -0.05) is 18.2 Å². The Hall–Kier alpha value is -1.85. The lowest BCUT2D eigenvalue weighted by Crippen LogP contribution is -2.36. The number of hydrogen-bond donors (Lipinski definition) is 1. The Labute approximate surface area is 153 Å². The highest BCUT2D eigenvalue weighted by Crippen LogP contribution is 2.22. The highest BCUT2D eigenvalue weighted by Gasteiger charge is 2.29. The van der Waals surface area contributed by atoms with Crippen molar-refractivity contribution in [2.45, 2.75) is 38.3 Å². The molecule has 4 nitrogen and oxygen atoms in total. The van der Waals surface area contributed by atoms with Gasteiger partial charge < -0.3 is 15.0 Å². The van der Waals surface area contributed by atoms with E-state index in [2.05, 4.69) is 39.9 Å². The quantitative estimate of drug-likeness (QED) is 0.698. The number of benzene rings is 1. The number of nitrogens with zero attached hydrogens (tertiary/aromatic N) is 1. The van der Waals surface area contributed by atoms with Crippen molar-refractivity contribution in [2.24, 2.45) is 0 Å². The van der Waals surface area contributed by atoms with Crippen LogP contribution in [0.1, 0.15) is 29.7 Å². The Kier molecular flexibility index (Phi) is 6.48. The molecule has 1 fully saturated rings. The lowest BCUT2D eigenvalue weighted by molar-refractivity contribution is -0.128.